The molecule has 5 heteroatoms. The monoisotopic (exact) mass is 233 g/mol. The lowest BCUT2D eigenvalue weighted by Crippen LogP contribution is -2.09. The third kappa shape index (κ3) is 2.05. The van der Waals surface area contributed by atoms with Crippen molar-refractivity contribution in [1.82, 2.24) is 19.1 Å². The molecule has 0 aliphatic rings. The van der Waals surface area contributed by atoms with Crippen molar-refractivity contribution in [3.63, 3.8) is 0 Å². The van der Waals surface area contributed by atoms with Crippen LogP contribution in [0.2, 0.25) is 0 Å². The van der Waals surface area contributed by atoms with Crippen molar-refractivity contribution in [3.05, 3.63) is 18.3 Å². The van der Waals surface area contributed by atoms with E-state index in [-0.39, 0.29) is 0 Å². The number of imidazole rings is 2. The number of hydrogen-bond donors (Lipinski definition) is 1. The Morgan fingerprint density at radius 3 is 2.65 bits per heavy atom. The first-order valence-electron chi connectivity index (χ1n) is 5.80. The maximum absolute atomic E-state index is 6.17. The molecule has 5 nitrogen and oxygen atoms in total. The van der Waals surface area contributed by atoms with Gasteiger partial charge < -0.3 is 14.9 Å². The first-order valence-corrected chi connectivity index (χ1v) is 5.80. The Labute approximate surface area is 101 Å². The van der Waals surface area contributed by atoms with Gasteiger partial charge in [0.05, 0.1) is 18.2 Å². The van der Waals surface area contributed by atoms with Gasteiger partial charge in [0.2, 0.25) is 0 Å². The molecular formula is C12H19N5. The van der Waals surface area contributed by atoms with E-state index in [4.69, 9.17) is 5.73 Å². The molecule has 0 amide bonds. The zero-order valence-electron chi connectivity index (χ0n) is 10.8. The summed E-state index contributed by atoms with van der Waals surface area (Å²) >= 11 is 0. The zero-order chi connectivity index (χ0) is 12.6. The van der Waals surface area contributed by atoms with Crippen molar-refractivity contribution in [1.29, 1.82) is 0 Å². The standard InChI is InChI=1S/C12H19N5/c1-8(2)6-17-9(3)15-11(12(17)13)10-5-14-7-16(10)4/h5,7-8H,6,13H2,1-4H3. The minimum absolute atomic E-state index is 0.546. The van der Waals surface area contributed by atoms with Crippen molar-refractivity contribution in [3.8, 4) is 11.4 Å². The molecule has 0 aromatic carbocycles. The van der Waals surface area contributed by atoms with Crippen molar-refractivity contribution in [2.75, 3.05) is 5.73 Å². The molecule has 2 N–H and O–H groups in total. The third-order valence-electron chi connectivity index (χ3n) is 2.80. The minimum Gasteiger partial charge on any atom is -0.383 e. The predicted molar refractivity (Wildman–Crippen MR) is 68.4 cm³/mol. The summed E-state index contributed by atoms with van der Waals surface area (Å²) in [5.74, 6) is 2.22. The molecule has 0 unspecified atom stereocenters. The normalized spacial score (nSPS) is 11.4. The van der Waals surface area contributed by atoms with Gasteiger partial charge >= 0.3 is 0 Å². The smallest absolute Gasteiger partial charge is 0.133 e. The third-order valence-corrected chi connectivity index (χ3v) is 2.80. The molecular weight excluding hydrogens is 214 g/mol. The second-order valence-corrected chi connectivity index (χ2v) is 4.79. The Morgan fingerprint density at radius 1 is 1.41 bits per heavy atom. The van der Waals surface area contributed by atoms with Crippen LogP contribution >= 0.6 is 0 Å². The summed E-state index contributed by atoms with van der Waals surface area (Å²) < 4.78 is 3.99. The van der Waals surface area contributed by atoms with Gasteiger partial charge in [-0.05, 0) is 12.8 Å². The van der Waals surface area contributed by atoms with Crippen molar-refractivity contribution < 1.29 is 0 Å². The van der Waals surface area contributed by atoms with Crippen LogP contribution in [-0.4, -0.2) is 19.1 Å². The predicted octanol–water partition coefficient (Wildman–Crippen LogP) is 1.83. The van der Waals surface area contributed by atoms with E-state index >= 15 is 0 Å². The lowest BCUT2D eigenvalue weighted by Gasteiger charge is -2.10. The van der Waals surface area contributed by atoms with Crippen LogP contribution in [0.4, 0.5) is 5.82 Å². The highest BCUT2D eigenvalue weighted by atomic mass is 15.2. The Balaban J connectivity index is 2.48. The Morgan fingerprint density at radius 2 is 2.12 bits per heavy atom. The fraction of sp³-hybridized carbons (Fsp3) is 0.500. The van der Waals surface area contributed by atoms with E-state index in [1.807, 2.05) is 18.5 Å². The van der Waals surface area contributed by atoms with Gasteiger partial charge in [-0.1, -0.05) is 13.8 Å². The fourth-order valence-electron chi connectivity index (χ4n) is 1.95. The second-order valence-electron chi connectivity index (χ2n) is 4.79. The van der Waals surface area contributed by atoms with Crippen molar-refractivity contribution in [2.24, 2.45) is 13.0 Å². The summed E-state index contributed by atoms with van der Waals surface area (Å²) in [6.45, 7) is 7.21. The molecule has 0 radical (unpaired) electrons. The number of nitrogens with zero attached hydrogens (tertiary/aromatic N) is 4. The molecule has 0 atom stereocenters. The van der Waals surface area contributed by atoms with E-state index in [1.54, 1.807) is 12.5 Å². The molecule has 0 saturated heterocycles. The molecule has 0 saturated carbocycles. The van der Waals surface area contributed by atoms with Crippen molar-refractivity contribution in [2.45, 2.75) is 27.3 Å². The average Bonchev–Trinajstić information content (AvgIpc) is 2.76. The van der Waals surface area contributed by atoms with Crippen LogP contribution in [-0.2, 0) is 13.6 Å². The first-order chi connectivity index (χ1) is 8.00. The molecule has 0 spiro atoms. The highest BCUT2D eigenvalue weighted by Crippen LogP contribution is 2.26. The highest BCUT2D eigenvalue weighted by molar-refractivity contribution is 5.67. The maximum Gasteiger partial charge on any atom is 0.133 e. The topological polar surface area (TPSA) is 61.7 Å². The summed E-state index contributed by atoms with van der Waals surface area (Å²) in [7, 11) is 1.94. The number of nitrogens with two attached hydrogens (primary N) is 1. The quantitative estimate of drug-likeness (QED) is 0.879. The molecule has 92 valence electrons. The van der Waals surface area contributed by atoms with Gasteiger partial charge in [-0.3, -0.25) is 0 Å². The molecule has 0 fully saturated rings. The minimum atomic E-state index is 0.546. The highest BCUT2D eigenvalue weighted by Gasteiger charge is 2.16. The molecule has 2 rings (SSSR count). The van der Waals surface area contributed by atoms with E-state index in [1.165, 1.54) is 0 Å². The van der Waals surface area contributed by atoms with E-state index < -0.39 is 0 Å². The fourth-order valence-corrected chi connectivity index (χ4v) is 1.95. The lowest BCUT2D eigenvalue weighted by atomic mass is 10.2. The van der Waals surface area contributed by atoms with Gasteiger partial charge in [-0.15, -0.1) is 0 Å². The number of aryl methyl sites for hydroxylation is 2. The number of anilines is 1. The van der Waals surface area contributed by atoms with Crippen LogP contribution in [0.1, 0.15) is 19.7 Å². The van der Waals surface area contributed by atoms with Crippen LogP contribution in [0.5, 0.6) is 0 Å². The molecule has 17 heavy (non-hydrogen) atoms. The molecule has 0 bridgehead atoms. The SMILES string of the molecule is Cc1nc(-c2cncn2C)c(N)n1CC(C)C. The van der Waals surface area contributed by atoms with Crippen LogP contribution in [0, 0.1) is 12.8 Å². The number of nitrogen functional groups attached to an aromatic ring is 1. The lowest BCUT2D eigenvalue weighted by molar-refractivity contribution is 0.518. The van der Waals surface area contributed by atoms with Gasteiger partial charge in [0.15, 0.2) is 0 Å². The Hall–Kier alpha value is -1.78. The van der Waals surface area contributed by atoms with E-state index in [0.29, 0.717) is 5.92 Å². The summed E-state index contributed by atoms with van der Waals surface area (Å²) in [5, 5.41) is 0. The largest absolute Gasteiger partial charge is 0.383 e. The van der Waals surface area contributed by atoms with Crippen LogP contribution in [0.3, 0.4) is 0 Å². The number of rotatable bonds is 3. The Bertz CT molecular complexity index is 521. The van der Waals surface area contributed by atoms with Gasteiger partial charge in [-0.25, -0.2) is 9.97 Å². The van der Waals surface area contributed by atoms with E-state index in [0.717, 1.165) is 29.6 Å². The summed E-state index contributed by atoms with van der Waals surface area (Å²) in [4.78, 5) is 8.64. The van der Waals surface area contributed by atoms with Gasteiger partial charge in [-0.2, -0.15) is 0 Å². The molecule has 2 heterocycles. The van der Waals surface area contributed by atoms with Crippen LogP contribution in [0.25, 0.3) is 11.4 Å². The maximum atomic E-state index is 6.17. The molecule has 0 aliphatic heterocycles. The first kappa shape index (κ1) is 11.7. The van der Waals surface area contributed by atoms with Crippen molar-refractivity contribution >= 4 is 5.82 Å². The number of hydrogen-bond acceptors (Lipinski definition) is 3. The van der Waals surface area contributed by atoms with Gasteiger partial charge in [0.25, 0.3) is 0 Å². The van der Waals surface area contributed by atoms with E-state index in [2.05, 4.69) is 28.4 Å². The van der Waals surface area contributed by atoms with E-state index in [9.17, 15) is 0 Å². The zero-order valence-corrected chi connectivity index (χ0v) is 10.8. The molecule has 2 aromatic heterocycles. The second kappa shape index (κ2) is 4.24. The van der Waals surface area contributed by atoms with Crippen LogP contribution in [0.15, 0.2) is 12.5 Å². The number of aromatic nitrogens is 4. The summed E-state index contributed by atoms with van der Waals surface area (Å²) in [5.41, 5.74) is 7.95. The summed E-state index contributed by atoms with van der Waals surface area (Å²) in [6, 6.07) is 0. The average molecular weight is 233 g/mol. The van der Waals surface area contributed by atoms with Crippen LogP contribution < -0.4 is 5.73 Å². The Kier molecular flexibility index (Phi) is 2.92. The van der Waals surface area contributed by atoms with Gasteiger partial charge in [0, 0.05) is 13.6 Å². The van der Waals surface area contributed by atoms with Gasteiger partial charge in [0.1, 0.15) is 17.3 Å². The molecule has 0 aliphatic carbocycles. The summed E-state index contributed by atoms with van der Waals surface area (Å²) in [6.07, 6.45) is 3.55. The molecule has 2 aromatic rings.